The summed E-state index contributed by atoms with van der Waals surface area (Å²) in [6.07, 6.45) is 1.76. The zero-order valence-electron chi connectivity index (χ0n) is 27.0. The average Bonchev–Trinajstić information content (AvgIpc) is 3.37. The Morgan fingerprint density at radius 3 is 2.53 bits per heavy atom. The van der Waals surface area contributed by atoms with Gasteiger partial charge in [0.15, 0.2) is 16.3 Å². The Morgan fingerprint density at radius 1 is 0.979 bits per heavy atom. The number of fused-ring (bicyclic) bond motifs is 2. The Kier molecular flexibility index (Phi) is 9.26. The number of carbonyl (C=O) groups excluding carboxylic acids is 1. The standard InChI is InChI=1S/C38H36N2O6S/c1-6-44-37(42)34-24(4)39-38-40(35(34)27-18-19-31(46-23(2)3)32(20-27)43-5)36(41)33(47-38)21-26-13-8-10-17-30(26)45-22-28-15-11-14-25-12-7-9-16-29(25)28/h7-21,23,35H,6,22H2,1-5H3/b33-21+/t35-/m1/s1. The predicted octanol–water partition coefficient (Wildman–Crippen LogP) is 6.33. The quantitative estimate of drug-likeness (QED) is 0.165. The first-order valence-corrected chi connectivity index (χ1v) is 16.3. The molecular formula is C38H36N2O6S. The third-order valence-electron chi connectivity index (χ3n) is 7.85. The van der Waals surface area contributed by atoms with Crippen molar-refractivity contribution in [1.82, 2.24) is 4.57 Å². The van der Waals surface area contributed by atoms with Gasteiger partial charge in [0.25, 0.3) is 5.56 Å². The van der Waals surface area contributed by atoms with Gasteiger partial charge in [-0.2, -0.15) is 0 Å². The van der Waals surface area contributed by atoms with E-state index >= 15 is 0 Å². The molecule has 1 aliphatic heterocycles. The lowest BCUT2D eigenvalue weighted by Gasteiger charge is -2.25. The number of thiazole rings is 1. The molecule has 0 N–H and O–H groups in total. The second-order valence-electron chi connectivity index (χ2n) is 11.3. The number of methoxy groups -OCH3 is 1. The van der Waals surface area contributed by atoms with Crippen LogP contribution in [0.5, 0.6) is 17.2 Å². The van der Waals surface area contributed by atoms with Gasteiger partial charge < -0.3 is 18.9 Å². The Bertz CT molecular complexity index is 2170. The normalized spacial score (nSPS) is 14.6. The molecule has 0 unspecified atom stereocenters. The van der Waals surface area contributed by atoms with E-state index < -0.39 is 12.0 Å². The number of nitrogens with zero attached hydrogens (tertiary/aromatic N) is 2. The molecule has 0 radical (unpaired) electrons. The summed E-state index contributed by atoms with van der Waals surface area (Å²) in [7, 11) is 1.56. The van der Waals surface area contributed by atoms with Crippen LogP contribution in [0, 0.1) is 0 Å². The number of rotatable bonds is 10. The number of allylic oxidation sites excluding steroid dienone is 1. The maximum absolute atomic E-state index is 14.2. The van der Waals surface area contributed by atoms with Crippen molar-refractivity contribution in [2.75, 3.05) is 13.7 Å². The van der Waals surface area contributed by atoms with Crippen LogP contribution in [0.3, 0.4) is 0 Å². The van der Waals surface area contributed by atoms with E-state index in [9.17, 15) is 9.59 Å². The summed E-state index contributed by atoms with van der Waals surface area (Å²) in [5, 5.41) is 2.28. The van der Waals surface area contributed by atoms with Gasteiger partial charge in [-0.3, -0.25) is 9.36 Å². The van der Waals surface area contributed by atoms with Crippen LogP contribution < -0.4 is 29.1 Å². The number of benzene rings is 4. The van der Waals surface area contributed by atoms with Crippen molar-refractivity contribution in [3.63, 3.8) is 0 Å². The van der Waals surface area contributed by atoms with Crippen LogP contribution in [0.2, 0.25) is 0 Å². The van der Waals surface area contributed by atoms with Crippen LogP contribution in [-0.4, -0.2) is 30.4 Å². The molecule has 4 aromatic carbocycles. The molecule has 9 heteroatoms. The van der Waals surface area contributed by atoms with E-state index in [4.69, 9.17) is 23.9 Å². The summed E-state index contributed by atoms with van der Waals surface area (Å²) in [5.74, 6) is 1.18. The number of esters is 1. The molecule has 6 rings (SSSR count). The Hall–Kier alpha value is -5.15. The molecule has 2 heterocycles. The van der Waals surface area contributed by atoms with Crippen LogP contribution in [0.1, 0.15) is 50.4 Å². The lowest BCUT2D eigenvalue weighted by molar-refractivity contribution is -0.139. The first kappa shape index (κ1) is 31.8. The third kappa shape index (κ3) is 6.44. The van der Waals surface area contributed by atoms with Gasteiger partial charge in [0.2, 0.25) is 0 Å². The number of hydrogen-bond donors (Lipinski definition) is 0. The first-order valence-electron chi connectivity index (χ1n) is 15.5. The highest BCUT2D eigenvalue weighted by molar-refractivity contribution is 7.07. The van der Waals surface area contributed by atoms with E-state index in [1.807, 2.05) is 68.5 Å². The van der Waals surface area contributed by atoms with Crippen molar-refractivity contribution in [2.45, 2.75) is 46.4 Å². The number of hydrogen-bond acceptors (Lipinski definition) is 8. The fourth-order valence-electron chi connectivity index (χ4n) is 5.76. The van der Waals surface area contributed by atoms with Gasteiger partial charge >= 0.3 is 5.97 Å². The molecule has 1 aliphatic rings. The minimum absolute atomic E-state index is 0.0662. The second kappa shape index (κ2) is 13.7. The van der Waals surface area contributed by atoms with Crippen LogP contribution >= 0.6 is 11.3 Å². The summed E-state index contributed by atoms with van der Waals surface area (Å²) >= 11 is 1.26. The number of para-hydroxylation sites is 1. The highest BCUT2D eigenvalue weighted by Gasteiger charge is 2.34. The van der Waals surface area contributed by atoms with Gasteiger partial charge in [-0.15, -0.1) is 0 Å². The summed E-state index contributed by atoms with van der Waals surface area (Å²) < 4.78 is 25.4. The van der Waals surface area contributed by atoms with E-state index in [0.717, 1.165) is 21.9 Å². The summed E-state index contributed by atoms with van der Waals surface area (Å²) in [5.41, 5.74) is 3.00. The molecule has 0 aliphatic carbocycles. The highest BCUT2D eigenvalue weighted by atomic mass is 32.1. The summed E-state index contributed by atoms with van der Waals surface area (Å²) in [4.78, 5) is 32.8. The molecule has 1 aromatic heterocycles. The molecule has 0 bridgehead atoms. The van der Waals surface area contributed by atoms with Crippen molar-refractivity contribution in [3.05, 3.63) is 133 Å². The van der Waals surface area contributed by atoms with E-state index in [-0.39, 0.29) is 18.3 Å². The first-order chi connectivity index (χ1) is 22.8. The maximum atomic E-state index is 14.2. The van der Waals surface area contributed by atoms with E-state index in [2.05, 4.69) is 24.3 Å². The Balaban J connectivity index is 1.43. The molecule has 47 heavy (non-hydrogen) atoms. The van der Waals surface area contributed by atoms with Crippen LogP contribution in [0.15, 0.2) is 106 Å². The molecule has 0 fully saturated rings. The van der Waals surface area contributed by atoms with Crippen LogP contribution in [-0.2, 0) is 16.1 Å². The van der Waals surface area contributed by atoms with Gasteiger partial charge in [-0.1, -0.05) is 78.1 Å². The molecule has 240 valence electrons. The Morgan fingerprint density at radius 2 is 1.74 bits per heavy atom. The molecule has 0 amide bonds. The van der Waals surface area contributed by atoms with Crippen molar-refractivity contribution in [2.24, 2.45) is 4.99 Å². The smallest absolute Gasteiger partial charge is 0.338 e. The summed E-state index contributed by atoms with van der Waals surface area (Å²) in [6.45, 7) is 7.94. The van der Waals surface area contributed by atoms with Crippen molar-refractivity contribution < 1.29 is 23.7 Å². The zero-order valence-corrected chi connectivity index (χ0v) is 27.8. The van der Waals surface area contributed by atoms with Crippen LogP contribution in [0.25, 0.3) is 16.8 Å². The van der Waals surface area contributed by atoms with Crippen LogP contribution in [0.4, 0.5) is 0 Å². The molecule has 0 saturated heterocycles. The fourth-order valence-corrected chi connectivity index (χ4v) is 6.80. The lowest BCUT2D eigenvalue weighted by atomic mass is 9.95. The van der Waals surface area contributed by atoms with Crippen molar-refractivity contribution in [3.8, 4) is 17.2 Å². The zero-order chi connectivity index (χ0) is 33.1. The van der Waals surface area contributed by atoms with Gasteiger partial charge in [-0.05, 0) is 73.9 Å². The molecule has 5 aromatic rings. The third-order valence-corrected chi connectivity index (χ3v) is 8.83. The molecular weight excluding hydrogens is 612 g/mol. The van der Waals surface area contributed by atoms with E-state index in [1.54, 1.807) is 37.7 Å². The monoisotopic (exact) mass is 648 g/mol. The highest BCUT2D eigenvalue weighted by Crippen LogP contribution is 2.36. The molecule has 8 nitrogen and oxygen atoms in total. The minimum Gasteiger partial charge on any atom is -0.493 e. The number of carbonyl (C=O) groups is 1. The summed E-state index contributed by atoms with van der Waals surface area (Å²) in [6, 6.07) is 26.7. The molecule has 0 spiro atoms. The second-order valence-corrected chi connectivity index (χ2v) is 12.4. The minimum atomic E-state index is -0.785. The van der Waals surface area contributed by atoms with Gasteiger partial charge in [0.05, 0.1) is 41.7 Å². The average molecular weight is 649 g/mol. The van der Waals surface area contributed by atoms with Gasteiger partial charge in [0, 0.05) is 5.56 Å². The topological polar surface area (TPSA) is 88.4 Å². The van der Waals surface area contributed by atoms with E-state index in [1.165, 1.54) is 11.3 Å². The van der Waals surface area contributed by atoms with Crippen molar-refractivity contribution >= 4 is 34.2 Å². The van der Waals surface area contributed by atoms with E-state index in [0.29, 0.717) is 50.0 Å². The predicted molar refractivity (Wildman–Crippen MR) is 184 cm³/mol. The molecule has 1 atom stereocenters. The number of ether oxygens (including phenoxy) is 4. The fraction of sp³-hybridized carbons (Fsp3) is 0.237. The van der Waals surface area contributed by atoms with Crippen molar-refractivity contribution in [1.29, 1.82) is 0 Å². The van der Waals surface area contributed by atoms with Gasteiger partial charge in [-0.25, -0.2) is 9.79 Å². The SMILES string of the molecule is CCOC(=O)C1=C(C)N=c2s/c(=C/c3ccccc3OCc3cccc4ccccc34)c(=O)n2[C@@H]1c1ccc(OC(C)C)c(OC)c1. The number of aromatic nitrogens is 1. The Labute approximate surface area is 276 Å². The maximum Gasteiger partial charge on any atom is 0.338 e. The van der Waals surface area contributed by atoms with Gasteiger partial charge in [0.1, 0.15) is 12.4 Å². The lowest BCUT2D eigenvalue weighted by Crippen LogP contribution is -2.40. The molecule has 0 saturated carbocycles. The largest absolute Gasteiger partial charge is 0.493 e.